The fourth-order valence-corrected chi connectivity index (χ4v) is 5.79. The normalized spacial score (nSPS) is 32.0. The highest BCUT2D eigenvalue weighted by Gasteiger charge is 2.40. The van der Waals surface area contributed by atoms with E-state index in [1.165, 1.54) is 19.3 Å². The summed E-state index contributed by atoms with van der Waals surface area (Å²) in [6.07, 6.45) is 8.70. The topological polar surface area (TPSA) is 72.2 Å². The first-order chi connectivity index (χ1) is 8.97. The molecule has 6 heteroatoms. The van der Waals surface area contributed by atoms with Crippen molar-refractivity contribution in [1.82, 2.24) is 4.72 Å². The van der Waals surface area contributed by atoms with Gasteiger partial charge in [-0.3, -0.25) is 0 Å². The van der Waals surface area contributed by atoms with Gasteiger partial charge in [0.15, 0.2) is 0 Å². The molecular formula is C14H29ClN2O2S. The molecule has 4 nitrogen and oxygen atoms in total. The van der Waals surface area contributed by atoms with Crippen LogP contribution in [0.25, 0.3) is 0 Å². The minimum Gasteiger partial charge on any atom is -0.329 e. The Morgan fingerprint density at radius 3 is 2.30 bits per heavy atom. The first-order valence-electron chi connectivity index (χ1n) is 7.69. The van der Waals surface area contributed by atoms with Crippen molar-refractivity contribution >= 4 is 22.4 Å². The monoisotopic (exact) mass is 324 g/mol. The number of sulfonamides is 1. The smallest absolute Gasteiger partial charge is 0.212 e. The molecule has 2 saturated carbocycles. The van der Waals surface area contributed by atoms with E-state index in [-0.39, 0.29) is 12.4 Å². The highest BCUT2D eigenvalue weighted by molar-refractivity contribution is 7.89. The summed E-state index contributed by atoms with van der Waals surface area (Å²) < 4.78 is 27.8. The number of hydrogen-bond donors (Lipinski definition) is 2. The number of nitrogens with one attached hydrogen (secondary N) is 1. The van der Waals surface area contributed by atoms with Gasteiger partial charge in [0.05, 0.1) is 5.75 Å². The maximum atomic E-state index is 12.4. The van der Waals surface area contributed by atoms with Crippen LogP contribution in [0.1, 0.15) is 58.3 Å². The van der Waals surface area contributed by atoms with Crippen molar-refractivity contribution in [2.24, 2.45) is 17.6 Å². The molecule has 20 heavy (non-hydrogen) atoms. The van der Waals surface area contributed by atoms with Crippen LogP contribution in [0.5, 0.6) is 0 Å². The maximum absolute atomic E-state index is 12.4. The van der Waals surface area contributed by atoms with E-state index in [1.54, 1.807) is 0 Å². The summed E-state index contributed by atoms with van der Waals surface area (Å²) in [6, 6.07) is 0. The summed E-state index contributed by atoms with van der Waals surface area (Å²) in [6.45, 7) is 2.54. The standard InChI is InChI=1S/C14H28N2O2S.ClH/c1-12-6-4-5-9-14(12,11-15)16-19(17,18)10-13-7-2-3-8-13;/h12-13,16H,2-11,15H2,1H3;1H. The molecule has 0 radical (unpaired) electrons. The molecule has 3 N–H and O–H groups in total. The Bertz CT molecular complexity index is 396. The molecule has 2 unspecified atom stereocenters. The molecule has 0 bridgehead atoms. The summed E-state index contributed by atoms with van der Waals surface area (Å²) in [7, 11) is -3.20. The van der Waals surface area contributed by atoms with Crippen molar-refractivity contribution in [3.8, 4) is 0 Å². The highest BCUT2D eigenvalue weighted by atomic mass is 35.5. The lowest BCUT2D eigenvalue weighted by molar-refractivity contribution is 0.191. The summed E-state index contributed by atoms with van der Waals surface area (Å²) in [5, 5.41) is 0. The zero-order valence-electron chi connectivity index (χ0n) is 12.4. The lowest BCUT2D eigenvalue weighted by Crippen LogP contribution is -2.59. The van der Waals surface area contributed by atoms with Crippen LogP contribution in [0.2, 0.25) is 0 Å². The average Bonchev–Trinajstić information content (AvgIpc) is 2.84. The second-order valence-electron chi connectivity index (χ2n) is 6.54. The second kappa shape index (κ2) is 7.43. The van der Waals surface area contributed by atoms with Crippen molar-refractivity contribution in [2.75, 3.05) is 12.3 Å². The maximum Gasteiger partial charge on any atom is 0.212 e. The number of nitrogens with two attached hydrogens (primary N) is 1. The van der Waals surface area contributed by atoms with Crippen LogP contribution in [-0.4, -0.2) is 26.3 Å². The molecule has 2 fully saturated rings. The number of hydrogen-bond acceptors (Lipinski definition) is 3. The van der Waals surface area contributed by atoms with Gasteiger partial charge in [0.2, 0.25) is 10.0 Å². The van der Waals surface area contributed by atoms with Gasteiger partial charge in [-0.2, -0.15) is 0 Å². The molecule has 0 saturated heterocycles. The molecular weight excluding hydrogens is 296 g/mol. The third-order valence-corrected chi connectivity index (χ3v) is 6.73. The minimum absolute atomic E-state index is 0. The van der Waals surface area contributed by atoms with Gasteiger partial charge in [-0.15, -0.1) is 12.4 Å². The van der Waals surface area contributed by atoms with Crippen LogP contribution >= 0.6 is 12.4 Å². The largest absolute Gasteiger partial charge is 0.329 e. The van der Waals surface area contributed by atoms with Crippen molar-refractivity contribution in [1.29, 1.82) is 0 Å². The highest BCUT2D eigenvalue weighted by Crippen LogP contribution is 2.34. The van der Waals surface area contributed by atoms with E-state index in [1.807, 2.05) is 0 Å². The zero-order valence-corrected chi connectivity index (χ0v) is 14.1. The van der Waals surface area contributed by atoms with E-state index in [2.05, 4.69) is 11.6 Å². The average molecular weight is 325 g/mol. The van der Waals surface area contributed by atoms with Crippen LogP contribution in [-0.2, 0) is 10.0 Å². The molecule has 2 aliphatic rings. The van der Waals surface area contributed by atoms with Crippen LogP contribution in [0.3, 0.4) is 0 Å². The van der Waals surface area contributed by atoms with Gasteiger partial charge >= 0.3 is 0 Å². The molecule has 0 aromatic heterocycles. The predicted molar refractivity (Wildman–Crippen MR) is 85.5 cm³/mol. The molecule has 0 spiro atoms. The third kappa shape index (κ3) is 4.33. The number of halogens is 1. The van der Waals surface area contributed by atoms with E-state index in [0.717, 1.165) is 32.1 Å². The van der Waals surface area contributed by atoms with Crippen LogP contribution < -0.4 is 10.5 Å². The van der Waals surface area contributed by atoms with Gasteiger partial charge in [-0.05, 0) is 37.5 Å². The van der Waals surface area contributed by atoms with Gasteiger partial charge < -0.3 is 5.73 Å². The van der Waals surface area contributed by atoms with Gasteiger partial charge in [-0.1, -0.05) is 32.6 Å². The second-order valence-corrected chi connectivity index (χ2v) is 8.31. The van der Waals surface area contributed by atoms with E-state index >= 15 is 0 Å². The van der Waals surface area contributed by atoms with Crippen molar-refractivity contribution in [3.63, 3.8) is 0 Å². The quantitative estimate of drug-likeness (QED) is 0.815. The Labute approximate surface area is 129 Å². The first-order valence-corrected chi connectivity index (χ1v) is 9.34. The molecule has 2 rings (SSSR count). The van der Waals surface area contributed by atoms with E-state index in [9.17, 15) is 8.42 Å². The lowest BCUT2D eigenvalue weighted by atomic mass is 9.74. The van der Waals surface area contributed by atoms with E-state index < -0.39 is 15.6 Å². The number of rotatable bonds is 5. The summed E-state index contributed by atoms with van der Waals surface area (Å²) in [5.41, 5.74) is 5.52. The molecule has 2 aliphatic carbocycles. The van der Waals surface area contributed by atoms with E-state index in [0.29, 0.717) is 24.1 Å². The van der Waals surface area contributed by atoms with E-state index in [4.69, 9.17) is 5.73 Å². The van der Waals surface area contributed by atoms with Crippen molar-refractivity contribution < 1.29 is 8.42 Å². The lowest BCUT2D eigenvalue weighted by Gasteiger charge is -2.42. The molecule has 0 amide bonds. The predicted octanol–water partition coefficient (Wildman–Crippen LogP) is 2.43. The molecule has 2 atom stereocenters. The molecule has 0 aromatic carbocycles. The van der Waals surface area contributed by atoms with Gasteiger partial charge in [0, 0.05) is 12.1 Å². The molecule has 0 aromatic rings. The third-order valence-electron chi connectivity index (χ3n) is 5.11. The van der Waals surface area contributed by atoms with Crippen molar-refractivity contribution in [2.45, 2.75) is 63.8 Å². The molecule has 0 heterocycles. The first kappa shape index (κ1) is 18.2. The Kier molecular flexibility index (Phi) is 6.77. The van der Waals surface area contributed by atoms with Crippen LogP contribution in [0, 0.1) is 11.8 Å². The van der Waals surface area contributed by atoms with Gasteiger partial charge in [0.25, 0.3) is 0 Å². The fourth-order valence-electron chi connectivity index (χ4n) is 3.75. The van der Waals surface area contributed by atoms with Crippen molar-refractivity contribution in [3.05, 3.63) is 0 Å². The van der Waals surface area contributed by atoms with Gasteiger partial charge in [-0.25, -0.2) is 13.1 Å². The Morgan fingerprint density at radius 1 is 1.15 bits per heavy atom. The zero-order chi connectivity index (χ0) is 13.9. The Hall–Kier alpha value is 0.160. The molecule has 120 valence electrons. The minimum atomic E-state index is -3.20. The SMILES string of the molecule is CC1CCCCC1(CN)NS(=O)(=O)CC1CCCC1.Cl. The summed E-state index contributed by atoms with van der Waals surface area (Å²) in [5.74, 6) is 0.984. The van der Waals surface area contributed by atoms with Crippen LogP contribution in [0.4, 0.5) is 0 Å². The summed E-state index contributed by atoms with van der Waals surface area (Å²) >= 11 is 0. The van der Waals surface area contributed by atoms with Crippen LogP contribution in [0.15, 0.2) is 0 Å². The Morgan fingerprint density at radius 2 is 1.75 bits per heavy atom. The Balaban J connectivity index is 0.00000200. The summed E-state index contributed by atoms with van der Waals surface area (Å²) in [4.78, 5) is 0. The van der Waals surface area contributed by atoms with Gasteiger partial charge in [0.1, 0.15) is 0 Å². The fraction of sp³-hybridized carbons (Fsp3) is 1.00. The molecule has 0 aliphatic heterocycles.